The third-order valence-electron chi connectivity index (χ3n) is 9.67. The molecular weight excluding hydrogens is 657 g/mol. The number of nitriles is 1. The van der Waals surface area contributed by atoms with Gasteiger partial charge in [-0.25, -0.2) is 0 Å². The SMILES string of the molecule is N#Cc1c(-c2ccccn2)c(-c2ccccn2)c(-c2ccccn2)c(-c2ccccn2)c1-n1c2ccccc2c2c3sc4ccccc4c3ccc21. The Labute approximate surface area is 302 Å². The fourth-order valence-corrected chi connectivity index (χ4v) is 8.86. The Bertz CT molecular complexity index is 3000. The molecule has 0 spiro atoms. The van der Waals surface area contributed by atoms with Crippen molar-refractivity contribution < 1.29 is 0 Å². The molecule has 6 heterocycles. The Morgan fingerprint density at radius 2 is 0.981 bits per heavy atom. The van der Waals surface area contributed by atoms with Gasteiger partial charge in [0.1, 0.15) is 6.07 Å². The van der Waals surface area contributed by atoms with Gasteiger partial charge in [-0.2, -0.15) is 5.26 Å². The van der Waals surface area contributed by atoms with E-state index in [9.17, 15) is 5.26 Å². The van der Waals surface area contributed by atoms with Gasteiger partial charge in [-0.15, -0.1) is 11.3 Å². The molecule has 0 aliphatic rings. The van der Waals surface area contributed by atoms with Crippen molar-refractivity contribution in [2.45, 2.75) is 0 Å². The van der Waals surface area contributed by atoms with E-state index in [2.05, 4.69) is 71.3 Å². The lowest BCUT2D eigenvalue weighted by Gasteiger charge is -2.25. The van der Waals surface area contributed by atoms with Gasteiger partial charge in [0.2, 0.25) is 0 Å². The largest absolute Gasteiger partial charge is 0.307 e. The van der Waals surface area contributed by atoms with E-state index in [4.69, 9.17) is 19.9 Å². The predicted octanol–water partition coefficient (Wildman–Crippen LogP) is 11.3. The van der Waals surface area contributed by atoms with Gasteiger partial charge in [0.05, 0.1) is 45.1 Å². The Hall–Kier alpha value is -7.01. The van der Waals surface area contributed by atoms with Crippen LogP contribution in [0.1, 0.15) is 5.56 Å². The van der Waals surface area contributed by atoms with E-state index < -0.39 is 0 Å². The molecule has 0 fully saturated rings. The number of fused-ring (bicyclic) bond motifs is 7. The summed E-state index contributed by atoms with van der Waals surface area (Å²) in [6.45, 7) is 0. The summed E-state index contributed by atoms with van der Waals surface area (Å²) in [7, 11) is 0. The fraction of sp³-hybridized carbons (Fsp3) is 0. The van der Waals surface area contributed by atoms with E-state index >= 15 is 0 Å². The van der Waals surface area contributed by atoms with Gasteiger partial charge in [0, 0.05) is 78.0 Å². The highest BCUT2D eigenvalue weighted by molar-refractivity contribution is 7.26. The van der Waals surface area contributed by atoms with Crippen LogP contribution in [0.3, 0.4) is 0 Å². The average Bonchev–Trinajstić information content (AvgIpc) is 3.77. The number of hydrogen-bond acceptors (Lipinski definition) is 6. The second-order valence-corrected chi connectivity index (χ2v) is 13.5. The van der Waals surface area contributed by atoms with E-state index in [0.29, 0.717) is 33.9 Å². The number of benzene rings is 4. The van der Waals surface area contributed by atoms with Crippen molar-refractivity contribution in [3.05, 3.63) is 164 Å². The molecule has 0 amide bonds. The van der Waals surface area contributed by atoms with Gasteiger partial charge >= 0.3 is 0 Å². The molecular formula is C45H26N6S. The first-order valence-electron chi connectivity index (χ1n) is 16.9. The summed E-state index contributed by atoms with van der Waals surface area (Å²) in [4.78, 5) is 19.7. The summed E-state index contributed by atoms with van der Waals surface area (Å²) in [5, 5.41) is 16.2. The minimum atomic E-state index is 0.471. The van der Waals surface area contributed by atoms with Gasteiger partial charge in [0.25, 0.3) is 0 Å². The van der Waals surface area contributed by atoms with Crippen molar-refractivity contribution in [1.29, 1.82) is 5.26 Å². The number of aromatic nitrogens is 5. The zero-order valence-electron chi connectivity index (χ0n) is 27.6. The van der Waals surface area contributed by atoms with Crippen molar-refractivity contribution in [2.24, 2.45) is 0 Å². The molecule has 6 aromatic heterocycles. The molecule has 0 saturated carbocycles. The maximum Gasteiger partial charge on any atom is 0.102 e. The number of pyridine rings is 4. The molecule has 0 N–H and O–H groups in total. The van der Waals surface area contributed by atoms with Gasteiger partial charge < -0.3 is 4.57 Å². The van der Waals surface area contributed by atoms with Crippen LogP contribution >= 0.6 is 11.3 Å². The highest BCUT2D eigenvalue weighted by atomic mass is 32.1. The third kappa shape index (κ3) is 4.49. The topological polar surface area (TPSA) is 80.3 Å². The number of thiophene rings is 1. The van der Waals surface area contributed by atoms with Crippen LogP contribution in [0.4, 0.5) is 0 Å². The monoisotopic (exact) mass is 682 g/mol. The molecule has 0 unspecified atom stereocenters. The summed E-state index contributed by atoms with van der Waals surface area (Å²) in [5.74, 6) is 0. The Balaban J connectivity index is 1.50. The minimum Gasteiger partial charge on any atom is -0.307 e. The lowest BCUT2D eigenvalue weighted by molar-refractivity contribution is 1.15. The van der Waals surface area contributed by atoms with Crippen LogP contribution in [-0.4, -0.2) is 24.5 Å². The second-order valence-electron chi connectivity index (χ2n) is 12.5. The van der Waals surface area contributed by atoms with Gasteiger partial charge in [-0.3, -0.25) is 19.9 Å². The molecule has 7 heteroatoms. The van der Waals surface area contributed by atoms with Crippen LogP contribution in [0.2, 0.25) is 0 Å². The quantitative estimate of drug-likeness (QED) is 0.180. The summed E-state index contributed by atoms with van der Waals surface area (Å²) in [6, 6.07) is 47.7. The van der Waals surface area contributed by atoms with E-state index in [-0.39, 0.29) is 0 Å². The van der Waals surface area contributed by atoms with E-state index in [1.165, 1.54) is 20.2 Å². The van der Waals surface area contributed by atoms with Crippen LogP contribution in [0.5, 0.6) is 0 Å². The normalized spacial score (nSPS) is 11.4. The average molecular weight is 683 g/mol. The predicted molar refractivity (Wildman–Crippen MR) is 211 cm³/mol. The van der Waals surface area contributed by atoms with E-state index in [1.807, 2.05) is 72.8 Å². The zero-order valence-corrected chi connectivity index (χ0v) is 28.4. The van der Waals surface area contributed by atoms with Crippen molar-refractivity contribution in [2.75, 3.05) is 0 Å². The van der Waals surface area contributed by atoms with Crippen molar-refractivity contribution in [3.63, 3.8) is 0 Å². The minimum absolute atomic E-state index is 0.471. The Kier molecular flexibility index (Phi) is 6.95. The van der Waals surface area contributed by atoms with E-state index in [1.54, 1.807) is 36.1 Å². The fourth-order valence-electron chi connectivity index (χ4n) is 7.61. The molecule has 10 rings (SSSR count). The molecule has 10 aromatic rings. The maximum absolute atomic E-state index is 11.5. The molecule has 0 saturated heterocycles. The summed E-state index contributed by atoms with van der Waals surface area (Å²) in [5.41, 5.74) is 9.06. The Morgan fingerprint density at radius 3 is 1.58 bits per heavy atom. The molecule has 0 atom stereocenters. The molecule has 0 aliphatic carbocycles. The third-order valence-corrected chi connectivity index (χ3v) is 10.9. The van der Waals surface area contributed by atoms with E-state index in [0.717, 1.165) is 44.2 Å². The summed E-state index contributed by atoms with van der Waals surface area (Å²) in [6.07, 6.45) is 7.15. The number of hydrogen-bond donors (Lipinski definition) is 0. The molecule has 6 nitrogen and oxygen atoms in total. The molecule has 0 radical (unpaired) electrons. The molecule has 52 heavy (non-hydrogen) atoms. The molecule has 4 aromatic carbocycles. The van der Waals surface area contributed by atoms with Crippen molar-refractivity contribution in [1.82, 2.24) is 24.5 Å². The zero-order chi connectivity index (χ0) is 34.6. The second kappa shape index (κ2) is 12.1. The standard InChI is InChI=1S/C45H26N6S/c46-27-31-39(32-15-5-9-23-47-32)41(33-16-6-10-24-48-33)42(34-17-7-11-25-49-34)43(35-18-8-12-26-50-35)44(31)51-36-19-3-1-14-30(36)40-37(51)22-21-29-28-13-2-4-20-38(28)52-45(29)40/h1-26H. The van der Waals surface area contributed by atoms with Crippen LogP contribution in [0, 0.1) is 11.3 Å². The first-order chi connectivity index (χ1) is 25.8. The maximum atomic E-state index is 11.5. The van der Waals surface area contributed by atoms with Gasteiger partial charge in [-0.05, 0) is 66.7 Å². The van der Waals surface area contributed by atoms with Gasteiger partial charge in [0.15, 0.2) is 0 Å². The number of nitrogens with zero attached hydrogens (tertiary/aromatic N) is 6. The first-order valence-corrected chi connectivity index (χ1v) is 17.8. The highest BCUT2D eigenvalue weighted by Gasteiger charge is 2.32. The lowest BCUT2D eigenvalue weighted by atomic mass is 9.83. The van der Waals surface area contributed by atoms with Gasteiger partial charge in [-0.1, -0.05) is 66.7 Å². The van der Waals surface area contributed by atoms with Crippen LogP contribution in [0.15, 0.2) is 158 Å². The Morgan fingerprint density at radius 1 is 0.462 bits per heavy atom. The summed E-state index contributed by atoms with van der Waals surface area (Å²) >= 11 is 1.81. The van der Waals surface area contributed by atoms with Crippen molar-refractivity contribution in [3.8, 4) is 56.8 Å². The number of para-hydroxylation sites is 1. The van der Waals surface area contributed by atoms with Crippen LogP contribution in [0.25, 0.3) is 92.7 Å². The first kappa shape index (κ1) is 29.9. The van der Waals surface area contributed by atoms with Crippen LogP contribution < -0.4 is 0 Å². The van der Waals surface area contributed by atoms with Crippen LogP contribution in [-0.2, 0) is 0 Å². The molecule has 0 bridgehead atoms. The smallest absolute Gasteiger partial charge is 0.102 e. The summed E-state index contributed by atoms with van der Waals surface area (Å²) < 4.78 is 4.72. The molecule has 0 aliphatic heterocycles. The van der Waals surface area contributed by atoms with Crippen molar-refractivity contribution >= 4 is 53.3 Å². The molecule has 242 valence electrons. The highest BCUT2D eigenvalue weighted by Crippen LogP contribution is 2.52. The lowest BCUT2D eigenvalue weighted by Crippen LogP contribution is -2.09. The number of rotatable bonds is 5.